The molecule has 1 N–H and O–H groups in total. The van der Waals surface area contributed by atoms with Crippen molar-refractivity contribution >= 4 is 0 Å². The first kappa shape index (κ1) is 16.9. The first-order valence-electron chi connectivity index (χ1n) is 8.48. The van der Waals surface area contributed by atoms with E-state index in [0.717, 1.165) is 30.7 Å². The summed E-state index contributed by atoms with van der Waals surface area (Å²) in [4.78, 5) is 0. The van der Waals surface area contributed by atoms with Gasteiger partial charge in [0.15, 0.2) is 17.4 Å². The van der Waals surface area contributed by atoms with E-state index in [1.807, 2.05) is 24.3 Å². The minimum atomic E-state index is -0.952. The van der Waals surface area contributed by atoms with Crippen LogP contribution in [0.15, 0.2) is 36.4 Å². The average molecular weight is 332 g/mol. The summed E-state index contributed by atoms with van der Waals surface area (Å²) in [5, 5.41) is 9.18. The van der Waals surface area contributed by atoms with E-state index in [0.29, 0.717) is 17.0 Å². The molecule has 0 amide bonds. The lowest BCUT2D eigenvalue weighted by Crippen LogP contribution is -2.20. The second-order valence-corrected chi connectivity index (χ2v) is 6.46. The second-order valence-electron chi connectivity index (χ2n) is 6.46. The lowest BCUT2D eigenvalue weighted by atomic mass is 9.91. The summed E-state index contributed by atoms with van der Waals surface area (Å²) in [6.45, 7) is 2.99. The summed E-state index contributed by atoms with van der Waals surface area (Å²) in [7, 11) is 0. The third-order valence-electron chi connectivity index (χ3n) is 4.70. The van der Waals surface area contributed by atoms with Crippen LogP contribution in [0.5, 0.6) is 5.75 Å². The molecule has 2 aromatic carbocycles. The standard InChI is InChI=1S/C20H22F2O2/c1-2-3-13-4-9-19(24-12-13)15-7-5-14(6-8-15)16-10-17(21)20(23)18(22)11-16/h5-8,10-11,13,19,23H,2-4,9,12H2,1H3/t13?,19-/m0/s1. The fraction of sp³-hybridized carbons (Fsp3) is 0.400. The zero-order chi connectivity index (χ0) is 17.1. The molecule has 1 aliphatic heterocycles. The van der Waals surface area contributed by atoms with Gasteiger partial charge in [-0.25, -0.2) is 8.78 Å². The number of halogens is 2. The van der Waals surface area contributed by atoms with Gasteiger partial charge in [0, 0.05) is 0 Å². The van der Waals surface area contributed by atoms with Crippen LogP contribution in [0, 0.1) is 17.6 Å². The lowest BCUT2D eigenvalue weighted by molar-refractivity contribution is -0.0194. The molecule has 4 heteroatoms. The summed E-state index contributed by atoms with van der Waals surface area (Å²) >= 11 is 0. The molecule has 0 radical (unpaired) electrons. The molecule has 2 nitrogen and oxygen atoms in total. The van der Waals surface area contributed by atoms with E-state index in [9.17, 15) is 13.9 Å². The van der Waals surface area contributed by atoms with E-state index in [2.05, 4.69) is 6.92 Å². The predicted octanol–water partition coefficient (Wildman–Crippen LogP) is 5.61. The minimum Gasteiger partial charge on any atom is -0.503 e. The average Bonchev–Trinajstić information content (AvgIpc) is 2.60. The molecule has 1 heterocycles. The maximum atomic E-state index is 13.5. The molecule has 0 aromatic heterocycles. The molecule has 1 saturated heterocycles. The third kappa shape index (κ3) is 3.59. The number of ether oxygens (including phenoxy) is 1. The highest BCUT2D eigenvalue weighted by molar-refractivity contribution is 5.65. The highest BCUT2D eigenvalue weighted by Gasteiger charge is 2.22. The molecular formula is C20H22F2O2. The van der Waals surface area contributed by atoms with Crippen molar-refractivity contribution < 1.29 is 18.6 Å². The number of hydrogen-bond acceptors (Lipinski definition) is 2. The molecule has 0 spiro atoms. The van der Waals surface area contributed by atoms with Gasteiger partial charge in [-0.2, -0.15) is 0 Å². The number of rotatable bonds is 4. The number of hydrogen-bond donors (Lipinski definition) is 1. The first-order valence-corrected chi connectivity index (χ1v) is 8.48. The quantitative estimate of drug-likeness (QED) is 0.789. The molecule has 1 aliphatic rings. The van der Waals surface area contributed by atoms with E-state index in [4.69, 9.17) is 4.74 Å². The lowest BCUT2D eigenvalue weighted by Gasteiger charge is -2.29. The van der Waals surface area contributed by atoms with Crippen molar-refractivity contribution in [1.82, 2.24) is 0 Å². The summed E-state index contributed by atoms with van der Waals surface area (Å²) in [6.07, 6.45) is 4.68. The van der Waals surface area contributed by atoms with Gasteiger partial charge in [0.1, 0.15) is 0 Å². The first-order chi connectivity index (χ1) is 11.6. The van der Waals surface area contributed by atoms with Crippen LogP contribution in [0.3, 0.4) is 0 Å². The van der Waals surface area contributed by atoms with Gasteiger partial charge in [0.2, 0.25) is 0 Å². The van der Waals surface area contributed by atoms with Gasteiger partial charge in [0.25, 0.3) is 0 Å². The Morgan fingerprint density at radius 1 is 1.04 bits per heavy atom. The molecule has 1 fully saturated rings. The molecule has 2 atom stereocenters. The normalized spacial score (nSPS) is 21.0. The predicted molar refractivity (Wildman–Crippen MR) is 89.8 cm³/mol. The van der Waals surface area contributed by atoms with Gasteiger partial charge in [0.05, 0.1) is 12.7 Å². The van der Waals surface area contributed by atoms with Gasteiger partial charge in [-0.05, 0) is 54.0 Å². The molecule has 128 valence electrons. The second kappa shape index (κ2) is 7.31. The Kier molecular flexibility index (Phi) is 5.14. The zero-order valence-corrected chi connectivity index (χ0v) is 13.8. The number of aromatic hydroxyl groups is 1. The molecule has 0 aliphatic carbocycles. The van der Waals surface area contributed by atoms with Gasteiger partial charge in [-0.3, -0.25) is 0 Å². The highest BCUT2D eigenvalue weighted by atomic mass is 19.1. The largest absolute Gasteiger partial charge is 0.503 e. The van der Waals surface area contributed by atoms with Gasteiger partial charge in [-0.1, -0.05) is 37.6 Å². The summed E-state index contributed by atoms with van der Waals surface area (Å²) in [5.74, 6) is -2.18. The summed E-state index contributed by atoms with van der Waals surface area (Å²) in [5.41, 5.74) is 2.20. The topological polar surface area (TPSA) is 29.5 Å². The van der Waals surface area contributed by atoms with Gasteiger partial charge < -0.3 is 9.84 Å². The smallest absolute Gasteiger partial charge is 0.187 e. The number of phenols is 1. The van der Waals surface area contributed by atoms with Crippen molar-refractivity contribution in [2.75, 3.05) is 6.61 Å². The van der Waals surface area contributed by atoms with E-state index in [1.165, 1.54) is 19.3 Å². The molecule has 24 heavy (non-hydrogen) atoms. The minimum absolute atomic E-state index is 0.0976. The van der Waals surface area contributed by atoms with Crippen LogP contribution in [-0.2, 0) is 4.74 Å². The summed E-state index contributed by atoms with van der Waals surface area (Å²) < 4.78 is 32.9. The molecule has 3 rings (SSSR count). The van der Waals surface area contributed by atoms with Crippen LogP contribution in [0.1, 0.15) is 44.3 Å². The fourth-order valence-electron chi connectivity index (χ4n) is 3.33. The Bertz CT molecular complexity index is 666. The fourth-order valence-corrected chi connectivity index (χ4v) is 3.33. The molecular weight excluding hydrogens is 310 g/mol. The van der Waals surface area contributed by atoms with Crippen molar-refractivity contribution in [2.24, 2.45) is 5.92 Å². The van der Waals surface area contributed by atoms with Crippen LogP contribution in [0.2, 0.25) is 0 Å². The number of benzene rings is 2. The summed E-state index contributed by atoms with van der Waals surface area (Å²) in [6, 6.07) is 9.84. The Morgan fingerprint density at radius 2 is 1.71 bits per heavy atom. The van der Waals surface area contributed by atoms with E-state index in [-0.39, 0.29) is 6.10 Å². The van der Waals surface area contributed by atoms with Crippen LogP contribution in [-0.4, -0.2) is 11.7 Å². The van der Waals surface area contributed by atoms with Crippen LogP contribution in [0.4, 0.5) is 8.78 Å². The Morgan fingerprint density at radius 3 is 2.25 bits per heavy atom. The van der Waals surface area contributed by atoms with Crippen molar-refractivity contribution in [3.63, 3.8) is 0 Å². The van der Waals surface area contributed by atoms with E-state index < -0.39 is 17.4 Å². The molecule has 0 bridgehead atoms. The maximum Gasteiger partial charge on any atom is 0.187 e. The monoisotopic (exact) mass is 332 g/mol. The SMILES string of the molecule is CCCC1CC[C@@H](c2ccc(-c3cc(F)c(O)c(F)c3)cc2)OC1. The Labute approximate surface area is 141 Å². The van der Waals surface area contributed by atoms with Crippen molar-refractivity contribution in [3.05, 3.63) is 53.6 Å². The van der Waals surface area contributed by atoms with Gasteiger partial charge >= 0.3 is 0 Å². The van der Waals surface area contributed by atoms with Crippen LogP contribution >= 0.6 is 0 Å². The van der Waals surface area contributed by atoms with E-state index >= 15 is 0 Å². The molecule has 0 saturated carbocycles. The van der Waals surface area contributed by atoms with E-state index in [1.54, 1.807) is 0 Å². The van der Waals surface area contributed by atoms with Gasteiger partial charge in [-0.15, -0.1) is 0 Å². The third-order valence-corrected chi connectivity index (χ3v) is 4.70. The van der Waals surface area contributed by atoms with Crippen LogP contribution in [0.25, 0.3) is 11.1 Å². The number of phenolic OH excluding ortho intramolecular Hbond substituents is 1. The van der Waals surface area contributed by atoms with Crippen molar-refractivity contribution in [2.45, 2.75) is 38.7 Å². The molecule has 1 unspecified atom stereocenters. The van der Waals surface area contributed by atoms with Crippen LogP contribution < -0.4 is 0 Å². The Balaban J connectivity index is 1.72. The molecule has 2 aromatic rings. The van der Waals surface area contributed by atoms with Crippen molar-refractivity contribution in [3.8, 4) is 16.9 Å². The highest BCUT2D eigenvalue weighted by Crippen LogP contribution is 2.34. The zero-order valence-electron chi connectivity index (χ0n) is 13.8. The van der Waals surface area contributed by atoms with Crippen molar-refractivity contribution in [1.29, 1.82) is 0 Å². The Hall–Kier alpha value is -1.94. The maximum absolute atomic E-state index is 13.5.